The Bertz CT molecular complexity index is 401. The standard InChI is InChI=1S/C14H25N3O/c1-13(2)6-8-14(18-4,9-7-13)12(15)11-5-10-17(3)16-11/h5,10,12H,6-9,15H2,1-4H3. The average Bonchev–Trinajstić information content (AvgIpc) is 2.76. The smallest absolute Gasteiger partial charge is 0.0886 e. The van der Waals surface area contributed by atoms with Crippen molar-refractivity contribution >= 4 is 0 Å². The SMILES string of the molecule is COC1(C(N)c2ccn(C)n2)CCC(C)(C)CC1. The Hall–Kier alpha value is -0.870. The van der Waals surface area contributed by atoms with Gasteiger partial charge in [-0.2, -0.15) is 5.10 Å². The second-order valence-electron chi connectivity index (χ2n) is 6.33. The van der Waals surface area contributed by atoms with Crippen LogP contribution in [0.25, 0.3) is 0 Å². The molecule has 2 N–H and O–H groups in total. The number of nitrogens with two attached hydrogens (primary N) is 1. The minimum Gasteiger partial charge on any atom is -0.376 e. The predicted octanol–water partition coefficient (Wildman–Crippen LogP) is 2.41. The second-order valence-corrected chi connectivity index (χ2v) is 6.33. The van der Waals surface area contributed by atoms with Crippen LogP contribution in [-0.4, -0.2) is 22.5 Å². The molecule has 0 aromatic carbocycles. The maximum atomic E-state index is 6.42. The largest absolute Gasteiger partial charge is 0.376 e. The molecule has 4 heteroatoms. The Labute approximate surface area is 110 Å². The lowest BCUT2D eigenvalue weighted by atomic mass is 9.68. The van der Waals surface area contributed by atoms with Crippen LogP contribution in [0.5, 0.6) is 0 Å². The summed E-state index contributed by atoms with van der Waals surface area (Å²) in [5, 5.41) is 4.43. The third-order valence-electron chi connectivity index (χ3n) is 4.48. The normalized spacial score (nSPS) is 23.8. The summed E-state index contributed by atoms with van der Waals surface area (Å²) < 4.78 is 7.62. The maximum Gasteiger partial charge on any atom is 0.0886 e. The number of rotatable bonds is 3. The van der Waals surface area contributed by atoms with E-state index < -0.39 is 0 Å². The first-order chi connectivity index (χ1) is 8.38. The Balaban J connectivity index is 2.18. The van der Waals surface area contributed by atoms with Crippen LogP contribution in [0.3, 0.4) is 0 Å². The molecule has 0 saturated heterocycles. The van der Waals surface area contributed by atoms with E-state index >= 15 is 0 Å². The van der Waals surface area contributed by atoms with Gasteiger partial charge in [0.2, 0.25) is 0 Å². The molecule has 1 aromatic heterocycles. The highest BCUT2D eigenvalue weighted by Gasteiger charge is 2.44. The van der Waals surface area contributed by atoms with E-state index in [1.54, 1.807) is 11.8 Å². The van der Waals surface area contributed by atoms with Crippen LogP contribution in [0.4, 0.5) is 0 Å². The van der Waals surface area contributed by atoms with Crippen LogP contribution in [0.1, 0.15) is 51.3 Å². The van der Waals surface area contributed by atoms with Crippen molar-refractivity contribution in [2.75, 3.05) is 7.11 Å². The Morgan fingerprint density at radius 2 is 1.94 bits per heavy atom. The molecule has 1 aromatic rings. The monoisotopic (exact) mass is 251 g/mol. The first-order valence-electron chi connectivity index (χ1n) is 6.69. The highest BCUT2D eigenvalue weighted by molar-refractivity contribution is 5.12. The maximum absolute atomic E-state index is 6.42. The molecule has 1 unspecified atom stereocenters. The Kier molecular flexibility index (Phi) is 3.52. The molecule has 0 spiro atoms. The van der Waals surface area contributed by atoms with Gasteiger partial charge in [0.1, 0.15) is 0 Å². The number of aromatic nitrogens is 2. The number of aryl methyl sites for hydroxylation is 1. The highest BCUT2D eigenvalue weighted by Crippen LogP contribution is 2.46. The van der Waals surface area contributed by atoms with Crippen molar-refractivity contribution in [3.63, 3.8) is 0 Å². The molecule has 4 nitrogen and oxygen atoms in total. The number of nitrogens with zero attached hydrogens (tertiary/aromatic N) is 2. The molecular weight excluding hydrogens is 226 g/mol. The van der Waals surface area contributed by atoms with Crippen LogP contribution < -0.4 is 5.73 Å². The van der Waals surface area contributed by atoms with Gasteiger partial charge in [0, 0.05) is 20.4 Å². The van der Waals surface area contributed by atoms with E-state index in [1.807, 2.05) is 19.3 Å². The lowest BCUT2D eigenvalue weighted by molar-refractivity contribution is -0.0802. The van der Waals surface area contributed by atoms with Crippen molar-refractivity contribution in [3.8, 4) is 0 Å². The van der Waals surface area contributed by atoms with Gasteiger partial charge in [-0.15, -0.1) is 0 Å². The third-order valence-corrected chi connectivity index (χ3v) is 4.48. The van der Waals surface area contributed by atoms with E-state index in [4.69, 9.17) is 10.5 Å². The van der Waals surface area contributed by atoms with Crippen LogP contribution in [-0.2, 0) is 11.8 Å². The zero-order chi connectivity index (χ0) is 13.4. The van der Waals surface area contributed by atoms with Gasteiger partial charge in [0.25, 0.3) is 0 Å². The van der Waals surface area contributed by atoms with E-state index in [0.717, 1.165) is 31.4 Å². The fraction of sp³-hybridized carbons (Fsp3) is 0.786. The molecule has 1 aliphatic rings. The number of methoxy groups -OCH3 is 1. The minimum absolute atomic E-state index is 0.139. The van der Waals surface area contributed by atoms with Crippen molar-refractivity contribution in [3.05, 3.63) is 18.0 Å². The van der Waals surface area contributed by atoms with Gasteiger partial charge in [-0.05, 0) is 37.2 Å². The molecule has 0 radical (unpaired) electrons. The molecule has 1 saturated carbocycles. The van der Waals surface area contributed by atoms with E-state index in [1.165, 1.54) is 0 Å². The summed E-state index contributed by atoms with van der Waals surface area (Å²) in [6.45, 7) is 4.64. The summed E-state index contributed by atoms with van der Waals surface area (Å²) in [5.41, 5.74) is 7.51. The van der Waals surface area contributed by atoms with Crippen molar-refractivity contribution < 1.29 is 4.74 Å². The quantitative estimate of drug-likeness (QED) is 0.897. The first-order valence-corrected chi connectivity index (χ1v) is 6.69. The average molecular weight is 251 g/mol. The summed E-state index contributed by atoms with van der Waals surface area (Å²) in [6.07, 6.45) is 6.26. The van der Waals surface area contributed by atoms with Crippen molar-refractivity contribution in [1.82, 2.24) is 9.78 Å². The second kappa shape index (κ2) is 4.67. The Morgan fingerprint density at radius 3 is 2.39 bits per heavy atom. The number of hydrogen-bond acceptors (Lipinski definition) is 3. The van der Waals surface area contributed by atoms with Gasteiger partial charge < -0.3 is 10.5 Å². The summed E-state index contributed by atoms with van der Waals surface area (Å²) in [7, 11) is 3.70. The molecule has 0 bridgehead atoms. The van der Waals surface area contributed by atoms with E-state index in [0.29, 0.717) is 5.41 Å². The van der Waals surface area contributed by atoms with Crippen molar-refractivity contribution in [2.24, 2.45) is 18.2 Å². The Morgan fingerprint density at radius 1 is 1.33 bits per heavy atom. The minimum atomic E-state index is -0.246. The topological polar surface area (TPSA) is 53.1 Å². The van der Waals surface area contributed by atoms with Gasteiger partial charge >= 0.3 is 0 Å². The lowest BCUT2D eigenvalue weighted by Gasteiger charge is -2.45. The van der Waals surface area contributed by atoms with Gasteiger partial charge in [0.15, 0.2) is 0 Å². The van der Waals surface area contributed by atoms with Crippen LogP contribution in [0.2, 0.25) is 0 Å². The molecule has 102 valence electrons. The zero-order valence-electron chi connectivity index (χ0n) is 11.9. The molecule has 2 rings (SSSR count). The van der Waals surface area contributed by atoms with Crippen LogP contribution in [0, 0.1) is 5.41 Å². The van der Waals surface area contributed by atoms with Crippen LogP contribution >= 0.6 is 0 Å². The van der Waals surface area contributed by atoms with Gasteiger partial charge in [-0.3, -0.25) is 4.68 Å². The molecule has 0 aliphatic heterocycles. The number of hydrogen-bond donors (Lipinski definition) is 1. The summed E-state index contributed by atoms with van der Waals surface area (Å²) in [4.78, 5) is 0. The lowest BCUT2D eigenvalue weighted by Crippen LogP contribution is -2.47. The molecule has 1 heterocycles. The molecular formula is C14H25N3O. The summed E-state index contributed by atoms with van der Waals surface area (Å²) >= 11 is 0. The van der Waals surface area contributed by atoms with Gasteiger partial charge in [0.05, 0.1) is 17.3 Å². The predicted molar refractivity (Wildman–Crippen MR) is 72.1 cm³/mol. The molecule has 18 heavy (non-hydrogen) atoms. The zero-order valence-corrected chi connectivity index (χ0v) is 11.9. The fourth-order valence-corrected chi connectivity index (χ4v) is 2.86. The van der Waals surface area contributed by atoms with E-state index in [2.05, 4.69) is 18.9 Å². The highest BCUT2D eigenvalue weighted by atomic mass is 16.5. The fourth-order valence-electron chi connectivity index (χ4n) is 2.86. The molecule has 1 aliphatic carbocycles. The summed E-state index contributed by atoms with van der Waals surface area (Å²) in [5.74, 6) is 0. The molecule has 1 fully saturated rings. The third kappa shape index (κ3) is 2.45. The van der Waals surface area contributed by atoms with Gasteiger partial charge in [-0.25, -0.2) is 0 Å². The van der Waals surface area contributed by atoms with Crippen LogP contribution in [0.15, 0.2) is 12.3 Å². The van der Waals surface area contributed by atoms with Crippen molar-refractivity contribution in [1.29, 1.82) is 0 Å². The molecule has 1 atom stereocenters. The van der Waals surface area contributed by atoms with Gasteiger partial charge in [-0.1, -0.05) is 13.8 Å². The molecule has 0 amide bonds. The van der Waals surface area contributed by atoms with Crippen molar-refractivity contribution in [2.45, 2.75) is 51.2 Å². The number of ether oxygens (including phenoxy) is 1. The van der Waals surface area contributed by atoms with E-state index in [-0.39, 0.29) is 11.6 Å². The summed E-state index contributed by atoms with van der Waals surface area (Å²) in [6, 6.07) is 1.85. The van der Waals surface area contributed by atoms with E-state index in [9.17, 15) is 0 Å². The first kappa shape index (κ1) is 13.6.